The predicted molar refractivity (Wildman–Crippen MR) is 105 cm³/mol. The van der Waals surface area contributed by atoms with Gasteiger partial charge in [-0.25, -0.2) is 0 Å². The third kappa shape index (κ3) is 5.18. The number of anilines is 2. The minimum Gasteiger partial charge on any atom is -0.496 e. The lowest BCUT2D eigenvalue weighted by Crippen LogP contribution is -2.27. The molecule has 152 valence electrons. The van der Waals surface area contributed by atoms with Gasteiger partial charge in [-0.1, -0.05) is 26.0 Å². The molecule has 0 aliphatic carbocycles. The first-order valence-corrected chi connectivity index (χ1v) is 9.22. The van der Waals surface area contributed by atoms with Gasteiger partial charge in [-0.05, 0) is 43.2 Å². The van der Waals surface area contributed by atoms with Crippen LogP contribution in [-0.2, 0) is 6.18 Å². The van der Waals surface area contributed by atoms with E-state index in [1.54, 1.807) is 24.3 Å². The van der Waals surface area contributed by atoms with Crippen molar-refractivity contribution in [3.05, 3.63) is 53.6 Å². The molecule has 2 aromatic rings. The van der Waals surface area contributed by atoms with Crippen LogP contribution in [-0.4, -0.2) is 26.1 Å². The van der Waals surface area contributed by atoms with E-state index in [9.17, 15) is 18.0 Å². The first-order chi connectivity index (χ1) is 13.3. The molecule has 0 saturated carbocycles. The average Bonchev–Trinajstić information content (AvgIpc) is 2.67. The van der Waals surface area contributed by atoms with E-state index in [4.69, 9.17) is 4.74 Å². The second-order valence-corrected chi connectivity index (χ2v) is 6.37. The Morgan fingerprint density at radius 3 is 2.29 bits per heavy atom. The molecule has 4 nitrogen and oxygen atoms in total. The molecule has 0 aliphatic rings. The summed E-state index contributed by atoms with van der Waals surface area (Å²) in [5.74, 6) is -0.168. The topological polar surface area (TPSA) is 41.6 Å². The number of amides is 1. The van der Waals surface area contributed by atoms with Gasteiger partial charge in [0.05, 0.1) is 29.6 Å². The molecule has 0 saturated heterocycles. The van der Waals surface area contributed by atoms with E-state index in [1.165, 1.54) is 13.2 Å². The van der Waals surface area contributed by atoms with Gasteiger partial charge in [0.15, 0.2) is 0 Å². The molecule has 1 N–H and O–H groups in total. The van der Waals surface area contributed by atoms with Gasteiger partial charge in [-0.3, -0.25) is 4.79 Å². The highest BCUT2D eigenvalue weighted by molar-refractivity contribution is 6.07. The van der Waals surface area contributed by atoms with Crippen LogP contribution in [0.2, 0.25) is 0 Å². The van der Waals surface area contributed by atoms with Crippen LogP contribution < -0.4 is 15.0 Å². The van der Waals surface area contributed by atoms with Gasteiger partial charge < -0.3 is 15.0 Å². The molecule has 7 heteroatoms. The molecule has 0 spiro atoms. The minimum absolute atomic E-state index is 0.132. The van der Waals surface area contributed by atoms with Crippen LogP contribution >= 0.6 is 0 Å². The fraction of sp³-hybridized carbons (Fsp3) is 0.381. The van der Waals surface area contributed by atoms with Crippen LogP contribution in [0.1, 0.15) is 42.6 Å². The summed E-state index contributed by atoms with van der Waals surface area (Å²) in [4.78, 5) is 14.7. The third-order valence-electron chi connectivity index (χ3n) is 4.25. The number of nitrogens with one attached hydrogen (secondary N) is 1. The summed E-state index contributed by atoms with van der Waals surface area (Å²) < 4.78 is 44.9. The van der Waals surface area contributed by atoms with E-state index >= 15 is 0 Å². The SMILES string of the molecule is CCCN(CCC)c1ccc(C(F)(F)F)cc1NC(=O)c1ccccc1OC. The molecular weight excluding hydrogens is 369 g/mol. The molecule has 28 heavy (non-hydrogen) atoms. The Kier molecular flexibility index (Phi) is 7.31. The number of methoxy groups -OCH3 is 1. The second kappa shape index (κ2) is 9.48. The van der Waals surface area contributed by atoms with Gasteiger partial charge in [0, 0.05) is 13.1 Å². The number of carbonyl (C=O) groups excluding carboxylic acids is 1. The number of hydrogen-bond acceptors (Lipinski definition) is 3. The first kappa shape index (κ1) is 21.6. The van der Waals surface area contributed by atoms with Crippen molar-refractivity contribution in [2.75, 3.05) is 30.4 Å². The van der Waals surface area contributed by atoms with Crippen molar-refractivity contribution >= 4 is 17.3 Å². The lowest BCUT2D eigenvalue weighted by molar-refractivity contribution is -0.137. The van der Waals surface area contributed by atoms with E-state index in [2.05, 4.69) is 5.32 Å². The number of para-hydroxylation sites is 1. The summed E-state index contributed by atoms with van der Waals surface area (Å²) in [5.41, 5.74) is 0.151. The molecule has 0 radical (unpaired) electrons. The smallest absolute Gasteiger partial charge is 0.416 e. The lowest BCUT2D eigenvalue weighted by atomic mass is 10.1. The summed E-state index contributed by atoms with van der Waals surface area (Å²) >= 11 is 0. The molecule has 2 aromatic carbocycles. The van der Waals surface area contributed by atoms with Crippen LogP contribution in [0.5, 0.6) is 5.75 Å². The second-order valence-electron chi connectivity index (χ2n) is 6.37. The molecular formula is C21H25F3N2O2. The van der Waals surface area contributed by atoms with Crippen LogP contribution in [0, 0.1) is 0 Å². The maximum absolute atomic E-state index is 13.2. The molecule has 0 bridgehead atoms. The highest BCUT2D eigenvalue weighted by atomic mass is 19.4. The number of benzene rings is 2. The van der Waals surface area contributed by atoms with Gasteiger partial charge in [-0.2, -0.15) is 13.2 Å². The Morgan fingerprint density at radius 2 is 1.71 bits per heavy atom. The Labute approximate surface area is 163 Å². The Morgan fingerprint density at radius 1 is 1.07 bits per heavy atom. The molecule has 0 aliphatic heterocycles. The third-order valence-corrected chi connectivity index (χ3v) is 4.25. The summed E-state index contributed by atoms with van der Waals surface area (Å²) in [5, 5.41) is 2.65. The first-order valence-electron chi connectivity index (χ1n) is 9.22. The molecule has 2 rings (SSSR count). The van der Waals surface area contributed by atoms with E-state index < -0.39 is 17.6 Å². The number of carbonyl (C=O) groups is 1. The highest BCUT2D eigenvalue weighted by Crippen LogP contribution is 2.36. The van der Waals surface area contributed by atoms with Crippen LogP contribution in [0.25, 0.3) is 0 Å². The zero-order chi connectivity index (χ0) is 20.7. The minimum atomic E-state index is -4.50. The zero-order valence-electron chi connectivity index (χ0n) is 16.3. The summed E-state index contributed by atoms with van der Waals surface area (Å²) in [6.07, 6.45) is -2.83. The van der Waals surface area contributed by atoms with Crippen molar-refractivity contribution in [2.24, 2.45) is 0 Å². The van der Waals surface area contributed by atoms with Gasteiger partial charge in [0.25, 0.3) is 5.91 Å². The summed E-state index contributed by atoms with van der Waals surface area (Å²) in [6.45, 7) is 5.35. The number of halogens is 3. The molecule has 0 heterocycles. The largest absolute Gasteiger partial charge is 0.496 e. The molecule has 0 aromatic heterocycles. The number of rotatable bonds is 8. The standard InChI is InChI=1S/C21H25F3N2O2/c1-4-12-26(13-5-2)18-11-10-15(21(22,23)24)14-17(18)25-20(27)16-8-6-7-9-19(16)28-3/h6-11,14H,4-5,12-13H2,1-3H3,(H,25,27). The molecule has 1 amide bonds. The zero-order valence-corrected chi connectivity index (χ0v) is 16.3. The van der Waals surface area contributed by atoms with Crippen molar-refractivity contribution in [2.45, 2.75) is 32.9 Å². The van der Waals surface area contributed by atoms with Crippen LogP contribution in [0.3, 0.4) is 0 Å². The number of nitrogens with zero attached hydrogens (tertiary/aromatic N) is 1. The Hall–Kier alpha value is -2.70. The number of ether oxygens (including phenoxy) is 1. The van der Waals surface area contributed by atoms with Gasteiger partial charge in [0.1, 0.15) is 5.75 Å². The number of hydrogen-bond donors (Lipinski definition) is 1. The molecule has 0 atom stereocenters. The fourth-order valence-corrected chi connectivity index (χ4v) is 3.00. The summed E-state index contributed by atoms with van der Waals surface area (Å²) in [7, 11) is 1.44. The number of alkyl halides is 3. The van der Waals surface area contributed by atoms with Crippen LogP contribution in [0.4, 0.5) is 24.5 Å². The monoisotopic (exact) mass is 394 g/mol. The van der Waals surface area contributed by atoms with E-state index in [0.29, 0.717) is 24.5 Å². The van der Waals surface area contributed by atoms with Crippen molar-refractivity contribution < 1.29 is 22.7 Å². The highest BCUT2D eigenvalue weighted by Gasteiger charge is 2.31. The van der Waals surface area contributed by atoms with E-state index in [-0.39, 0.29) is 11.3 Å². The fourth-order valence-electron chi connectivity index (χ4n) is 3.00. The lowest BCUT2D eigenvalue weighted by Gasteiger charge is -2.27. The maximum atomic E-state index is 13.2. The predicted octanol–water partition coefficient (Wildman–Crippen LogP) is 5.59. The normalized spacial score (nSPS) is 11.2. The summed E-state index contributed by atoms with van der Waals surface area (Å²) in [6, 6.07) is 10.0. The molecule has 0 unspecified atom stereocenters. The maximum Gasteiger partial charge on any atom is 0.416 e. The van der Waals surface area contributed by atoms with Crippen molar-refractivity contribution in [3.8, 4) is 5.75 Å². The van der Waals surface area contributed by atoms with Crippen LogP contribution in [0.15, 0.2) is 42.5 Å². The van der Waals surface area contributed by atoms with Crippen molar-refractivity contribution in [1.82, 2.24) is 0 Å². The van der Waals surface area contributed by atoms with E-state index in [0.717, 1.165) is 25.0 Å². The van der Waals surface area contributed by atoms with Gasteiger partial charge >= 0.3 is 6.18 Å². The Bertz CT molecular complexity index is 800. The van der Waals surface area contributed by atoms with Gasteiger partial charge in [-0.15, -0.1) is 0 Å². The quantitative estimate of drug-likeness (QED) is 0.634. The van der Waals surface area contributed by atoms with Crippen molar-refractivity contribution in [1.29, 1.82) is 0 Å². The Balaban J connectivity index is 2.47. The van der Waals surface area contributed by atoms with E-state index in [1.807, 2.05) is 18.7 Å². The molecule has 0 fully saturated rings. The van der Waals surface area contributed by atoms with Gasteiger partial charge in [0.2, 0.25) is 0 Å². The van der Waals surface area contributed by atoms with Crippen molar-refractivity contribution in [3.63, 3.8) is 0 Å². The average molecular weight is 394 g/mol.